The van der Waals surface area contributed by atoms with Crippen LogP contribution >= 0.6 is 0 Å². The molecule has 3 N–H and O–H groups in total. The molecule has 0 fully saturated rings. The van der Waals surface area contributed by atoms with Crippen molar-refractivity contribution in [1.82, 2.24) is 9.47 Å². The van der Waals surface area contributed by atoms with Crippen molar-refractivity contribution in [2.24, 2.45) is 18.2 Å². The number of nitrogens with zero attached hydrogens (tertiary/aromatic N) is 2. The summed E-state index contributed by atoms with van der Waals surface area (Å²) in [7, 11) is 4.04. The van der Waals surface area contributed by atoms with Gasteiger partial charge in [0, 0.05) is 41.4 Å². The van der Waals surface area contributed by atoms with Gasteiger partial charge in [-0.2, -0.15) is 0 Å². The molecule has 0 spiro atoms. The molecule has 0 saturated carbocycles. The Hall–Kier alpha value is -2.49. The van der Waals surface area contributed by atoms with Crippen LogP contribution in [-0.2, 0) is 13.5 Å². The van der Waals surface area contributed by atoms with E-state index < -0.39 is 0 Å². The number of benzene rings is 2. The van der Waals surface area contributed by atoms with E-state index in [1.807, 2.05) is 11.9 Å². The number of para-hydroxylation sites is 1. The molecule has 0 aliphatic rings. The van der Waals surface area contributed by atoms with Gasteiger partial charge in [-0.1, -0.05) is 38.1 Å². The fourth-order valence-electron chi connectivity index (χ4n) is 4.56. The number of nitrogens with two attached hydrogens (primary N) is 1. The van der Waals surface area contributed by atoms with Crippen molar-refractivity contribution in [2.75, 3.05) is 7.05 Å². The van der Waals surface area contributed by atoms with Crippen LogP contribution in [-0.4, -0.2) is 28.0 Å². The summed E-state index contributed by atoms with van der Waals surface area (Å²) in [6, 6.07) is 15.4. The summed E-state index contributed by atoms with van der Waals surface area (Å²) in [6.07, 6.45) is 1.94. The van der Waals surface area contributed by atoms with Crippen molar-refractivity contribution in [1.29, 1.82) is 5.41 Å². The van der Waals surface area contributed by atoms with Crippen LogP contribution in [0.5, 0.6) is 0 Å². The van der Waals surface area contributed by atoms with Crippen LogP contribution in [0.25, 0.3) is 21.8 Å². The molecule has 1 aromatic heterocycles. The van der Waals surface area contributed by atoms with Crippen molar-refractivity contribution in [2.45, 2.75) is 46.1 Å². The van der Waals surface area contributed by atoms with E-state index >= 15 is 0 Å². The lowest BCUT2D eigenvalue weighted by Gasteiger charge is -2.41. The van der Waals surface area contributed by atoms with E-state index in [1.165, 1.54) is 27.4 Å². The standard InChI is InChI=1S/C23H32N4/c1-22(2,15-23(3,4)27(6)21(24)25)14-16-11-12-20-18(13-16)17-9-7-8-10-19(17)26(20)5/h7-13H,14-15H2,1-6H3,(H3,24,25). The Morgan fingerprint density at radius 1 is 1.04 bits per heavy atom. The van der Waals surface area contributed by atoms with E-state index in [1.54, 1.807) is 0 Å². The maximum Gasteiger partial charge on any atom is 0.188 e. The number of rotatable bonds is 5. The van der Waals surface area contributed by atoms with Gasteiger partial charge < -0.3 is 15.2 Å². The Kier molecular flexibility index (Phi) is 4.71. The van der Waals surface area contributed by atoms with Crippen molar-refractivity contribution in [3.63, 3.8) is 0 Å². The van der Waals surface area contributed by atoms with Gasteiger partial charge in [-0.05, 0) is 55.9 Å². The second-order valence-corrected chi connectivity index (χ2v) is 9.20. The molecule has 0 saturated heterocycles. The lowest BCUT2D eigenvalue weighted by Crippen LogP contribution is -2.50. The van der Waals surface area contributed by atoms with Crippen LogP contribution in [0.3, 0.4) is 0 Å². The number of fused-ring (bicyclic) bond motifs is 3. The largest absolute Gasteiger partial charge is 0.370 e. The summed E-state index contributed by atoms with van der Waals surface area (Å²) < 4.78 is 2.27. The van der Waals surface area contributed by atoms with Crippen LogP contribution in [0, 0.1) is 10.8 Å². The third kappa shape index (κ3) is 3.66. The van der Waals surface area contributed by atoms with Gasteiger partial charge in [0.25, 0.3) is 0 Å². The van der Waals surface area contributed by atoms with Gasteiger partial charge in [-0.25, -0.2) is 0 Å². The topological polar surface area (TPSA) is 58.0 Å². The van der Waals surface area contributed by atoms with Gasteiger partial charge in [0.1, 0.15) is 0 Å². The van der Waals surface area contributed by atoms with Gasteiger partial charge >= 0.3 is 0 Å². The summed E-state index contributed by atoms with van der Waals surface area (Å²) in [5, 5.41) is 10.4. The van der Waals surface area contributed by atoms with Gasteiger partial charge in [-0.3, -0.25) is 5.41 Å². The minimum Gasteiger partial charge on any atom is -0.370 e. The maximum absolute atomic E-state index is 7.76. The third-order valence-electron chi connectivity index (χ3n) is 5.84. The number of nitrogens with one attached hydrogen (secondary N) is 1. The molecule has 144 valence electrons. The second-order valence-electron chi connectivity index (χ2n) is 9.20. The highest BCUT2D eigenvalue weighted by molar-refractivity contribution is 6.08. The predicted octanol–water partition coefficient (Wildman–Crippen LogP) is 4.89. The zero-order valence-corrected chi connectivity index (χ0v) is 17.4. The molecule has 4 heteroatoms. The average molecular weight is 365 g/mol. The zero-order chi connectivity index (χ0) is 20.0. The van der Waals surface area contributed by atoms with Gasteiger partial charge in [-0.15, -0.1) is 0 Å². The van der Waals surface area contributed by atoms with Crippen molar-refractivity contribution < 1.29 is 0 Å². The van der Waals surface area contributed by atoms with Crippen LogP contribution in [0.1, 0.15) is 39.7 Å². The smallest absolute Gasteiger partial charge is 0.188 e. The SMILES string of the molecule is CN(C(=N)N)C(C)(C)CC(C)(C)Cc1ccc2c(c1)c1ccccc1n2C. The van der Waals surface area contributed by atoms with Crippen molar-refractivity contribution in [3.05, 3.63) is 48.0 Å². The molecule has 0 unspecified atom stereocenters. The lowest BCUT2D eigenvalue weighted by atomic mass is 9.75. The number of guanidine groups is 1. The molecular formula is C23H32N4. The first-order valence-electron chi connectivity index (χ1n) is 9.56. The van der Waals surface area contributed by atoms with E-state index in [0.717, 1.165) is 12.8 Å². The van der Waals surface area contributed by atoms with E-state index in [9.17, 15) is 0 Å². The third-order valence-corrected chi connectivity index (χ3v) is 5.84. The quantitative estimate of drug-likeness (QED) is 0.500. The van der Waals surface area contributed by atoms with Crippen LogP contribution in [0.4, 0.5) is 0 Å². The summed E-state index contributed by atoms with van der Waals surface area (Å²) >= 11 is 0. The Morgan fingerprint density at radius 2 is 1.67 bits per heavy atom. The van der Waals surface area contributed by atoms with Crippen LogP contribution in [0.2, 0.25) is 0 Å². The number of aryl methyl sites for hydroxylation is 1. The minimum absolute atomic E-state index is 0.0888. The number of hydrogen-bond donors (Lipinski definition) is 2. The monoisotopic (exact) mass is 364 g/mol. The first-order valence-corrected chi connectivity index (χ1v) is 9.56. The van der Waals surface area contributed by atoms with Crippen LogP contribution < -0.4 is 5.73 Å². The first-order chi connectivity index (χ1) is 12.5. The fraction of sp³-hybridized carbons (Fsp3) is 0.435. The molecule has 2 aromatic carbocycles. The average Bonchev–Trinajstić information content (AvgIpc) is 2.85. The molecule has 1 heterocycles. The Bertz CT molecular complexity index is 994. The van der Waals surface area contributed by atoms with E-state index in [4.69, 9.17) is 11.1 Å². The number of hydrogen-bond acceptors (Lipinski definition) is 1. The zero-order valence-electron chi connectivity index (χ0n) is 17.4. The molecule has 0 aliphatic heterocycles. The fourth-order valence-corrected chi connectivity index (χ4v) is 4.56. The van der Waals surface area contributed by atoms with E-state index in [2.05, 4.69) is 81.8 Å². The minimum atomic E-state index is -0.168. The summed E-state index contributed by atoms with van der Waals surface area (Å²) in [6.45, 7) is 8.92. The molecule has 0 aliphatic carbocycles. The molecule has 4 nitrogen and oxygen atoms in total. The van der Waals surface area contributed by atoms with Crippen LogP contribution in [0.15, 0.2) is 42.5 Å². The van der Waals surface area contributed by atoms with Gasteiger partial charge in [0.15, 0.2) is 5.96 Å². The predicted molar refractivity (Wildman–Crippen MR) is 116 cm³/mol. The maximum atomic E-state index is 7.76. The molecule has 3 rings (SSSR count). The molecular weight excluding hydrogens is 332 g/mol. The Labute approximate surface area is 162 Å². The summed E-state index contributed by atoms with van der Waals surface area (Å²) in [4.78, 5) is 1.86. The van der Waals surface area contributed by atoms with E-state index in [0.29, 0.717) is 0 Å². The number of aromatic nitrogens is 1. The van der Waals surface area contributed by atoms with Crippen molar-refractivity contribution >= 4 is 27.8 Å². The van der Waals surface area contributed by atoms with Gasteiger partial charge in [0.2, 0.25) is 0 Å². The molecule has 27 heavy (non-hydrogen) atoms. The highest BCUT2D eigenvalue weighted by Crippen LogP contribution is 2.36. The lowest BCUT2D eigenvalue weighted by molar-refractivity contribution is 0.153. The van der Waals surface area contributed by atoms with Gasteiger partial charge in [0.05, 0.1) is 0 Å². The Morgan fingerprint density at radius 3 is 2.33 bits per heavy atom. The summed E-state index contributed by atoms with van der Waals surface area (Å²) in [5.74, 6) is 0.118. The molecule has 0 atom stereocenters. The molecule has 0 amide bonds. The van der Waals surface area contributed by atoms with Crippen molar-refractivity contribution in [3.8, 4) is 0 Å². The molecule has 0 radical (unpaired) electrons. The highest BCUT2D eigenvalue weighted by atomic mass is 15.3. The van der Waals surface area contributed by atoms with E-state index in [-0.39, 0.29) is 16.9 Å². The molecule has 3 aromatic rings. The normalized spacial score (nSPS) is 12.7. The summed E-state index contributed by atoms with van der Waals surface area (Å²) in [5.41, 5.74) is 9.53. The first kappa shape index (κ1) is 19.3. The second kappa shape index (κ2) is 6.59. The Balaban J connectivity index is 1.91. The molecule has 0 bridgehead atoms. The highest BCUT2D eigenvalue weighted by Gasteiger charge is 2.33.